The molecular formula is C10H16Cl2N2O. The van der Waals surface area contributed by atoms with Crippen LogP contribution in [-0.4, -0.2) is 17.6 Å². The molecule has 1 fully saturated rings. The number of ether oxygens (including phenoxy) is 1. The molecule has 0 bridgehead atoms. The quantitative estimate of drug-likeness (QED) is 0.831. The summed E-state index contributed by atoms with van der Waals surface area (Å²) in [5, 5.41) is 0. The molecule has 0 amide bonds. The van der Waals surface area contributed by atoms with E-state index in [1.165, 1.54) is 0 Å². The minimum absolute atomic E-state index is 0. The predicted molar refractivity (Wildman–Crippen MR) is 64.6 cm³/mol. The van der Waals surface area contributed by atoms with Gasteiger partial charge in [-0.2, -0.15) is 0 Å². The second-order valence-corrected chi connectivity index (χ2v) is 3.43. The van der Waals surface area contributed by atoms with Crippen molar-refractivity contribution in [3.8, 4) is 0 Å². The van der Waals surface area contributed by atoms with Crippen LogP contribution in [0.1, 0.15) is 24.5 Å². The van der Waals surface area contributed by atoms with Crippen molar-refractivity contribution < 1.29 is 4.74 Å². The van der Waals surface area contributed by atoms with Gasteiger partial charge in [-0.25, -0.2) is 0 Å². The van der Waals surface area contributed by atoms with Crippen molar-refractivity contribution in [2.75, 3.05) is 6.61 Å². The SMILES string of the molecule is Cl.Cl.NC1CCOC(c2cccnc2)C1. The van der Waals surface area contributed by atoms with E-state index in [2.05, 4.69) is 4.98 Å². The maximum atomic E-state index is 5.86. The summed E-state index contributed by atoms with van der Waals surface area (Å²) in [6.45, 7) is 0.765. The number of nitrogens with zero attached hydrogens (tertiary/aromatic N) is 1. The lowest BCUT2D eigenvalue weighted by Crippen LogP contribution is -2.30. The van der Waals surface area contributed by atoms with Crippen molar-refractivity contribution in [3.05, 3.63) is 30.1 Å². The zero-order chi connectivity index (χ0) is 9.10. The van der Waals surface area contributed by atoms with Gasteiger partial charge in [-0.05, 0) is 24.5 Å². The number of rotatable bonds is 1. The first kappa shape index (κ1) is 14.6. The van der Waals surface area contributed by atoms with E-state index in [1.807, 2.05) is 18.3 Å². The Morgan fingerprint density at radius 1 is 1.40 bits per heavy atom. The Bertz CT molecular complexity index is 271. The summed E-state index contributed by atoms with van der Waals surface area (Å²) in [5.74, 6) is 0. The van der Waals surface area contributed by atoms with E-state index < -0.39 is 0 Å². The number of hydrogen-bond acceptors (Lipinski definition) is 3. The van der Waals surface area contributed by atoms with Gasteiger partial charge in [0.15, 0.2) is 0 Å². The van der Waals surface area contributed by atoms with Gasteiger partial charge in [0.05, 0.1) is 6.10 Å². The summed E-state index contributed by atoms with van der Waals surface area (Å²) in [4.78, 5) is 4.06. The number of halogens is 2. The van der Waals surface area contributed by atoms with Crippen molar-refractivity contribution in [2.45, 2.75) is 25.0 Å². The Kier molecular flexibility index (Phi) is 6.85. The van der Waals surface area contributed by atoms with E-state index in [4.69, 9.17) is 10.5 Å². The molecule has 3 nitrogen and oxygen atoms in total. The van der Waals surface area contributed by atoms with Crippen LogP contribution in [0.25, 0.3) is 0 Å². The van der Waals surface area contributed by atoms with Crippen molar-refractivity contribution in [2.24, 2.45) is 5.73 Å². The molecule has 0 radical (unpaired) electrons. The highest BCUT2D eigenvalue weighted by Crippen LogP contribution is 2.26. The van der Waals surface area contributed by atoms with Gasteiger partial charge in [-0.15, -0.1) is 24.8 Å². The largest absolute Gasteiger partial charge is 0.373 e. The first-order chi connectivity index (χ1) is 6.36. The van der Waals surface area contributed by atoms with E-state index in [1.54, 1.807) is 6.20 Å². The lowest BCUT2D eigenvalue weighted by molar-refractivity contribution is 0.00648. The predicted octanol–water partition coefficient (Wildman–Crippen LogP) is 2.10. The summed E-state index contributed by atoms with van der Waals surface area (Å²) in [5.41, 5.74) is 7.00. The number of hydrogen-bond donors (Lipinski definition) is 1. The maximum Gasteiger partial charge on any atom is 0.0854 e. The number of nitrogens with two attached hydrogens (primary N) is 1. The van der Waals surface area contributed by atoms with Crippen LogP contribution in [-0.2, 0) is 4.74 Å². The Morgan fingerprint density at radius 3 is 2.80 bits per heavy atom. The lowest BCUT2D eigenvalue weighted by atomic mass is 9.99. The minimum Gasteiger partial charge on any atom is -0.373 e. The third-order valence-corrected chi connectivity index (χ3v) is 2.38. The zero-order valence-electron chi connectivity index (χ0n) is 8.33. The van der Waals surface area contributed by atoms with Crippen LogP contribution >= 0.6 is 24.8 Å². The summed E-state index contributed by atoms with van der Waals surface area (Å²) in [7, 11) is 0. The van der Waals surface area contributed by atoms with Crippen molar-refractivity contribution in [1.82, 2.24) is 4.98 Å². The molecule has 2 rings (SSSR count). The van der Waals surface area contributed by atoms with Gasteiger partial charge in [0, 0.05) is 25.0 Å². The third kappa shape index (κ3) is 3.95. The van der Waals surface area contributed by atoms with Crippen LogP contribution in [0, 0.1) is 0 Å². The van der Waals surface area contributed by atoms with E-state index in [-0.39, 0.29) is 37.0 Å². The van der Waals surface area contributed by atoms with Crippen LogP contribution < -0.4 is 5.73 Å². The fraction of sp³-hybridized carbons (Fsp3) is 0.500. The topological polar surface area (TPSA) is 48.1 Å². The van der Waals surface area contributed by atoms with Gasteiger partial charge >= 0.3 is 0 Å². The molecule has 5 heteroatoms. The molecule has 1 saturated heterocycles. The molecule has 0 aromatic carbocycles. The van der Waals surface area contributed by atoms with Crippen LogP contribution in [0.2, 0.25) is 0 Å². The first-order valence-corrected chi connectivity index (χ1v) is 4.63. The van der Waals surface area contributed by atoms with Gasteiger partial charge in [0.1, 0.15) is 0 Å². The fourth-order valence-corrected chi connectivity index (χ4v) is 1.62. The average Bonchev–Trinajstić information content (AvgIpc) is 2.19. The second-order valence-electron chi connectivity index (χ2n) is 3.43. The molecule has 1 aliphatic heterocycles. The first-order valence-electron chi connectivity index (χ1n) is 4.63. The Morgan fingerprint density at radius 2 is 2.20 bits per heavy atom. The molecule has 1 aromatic rings. The molecule has 0 aliphatic carbocycles. The highest BCUT2D eigenvalue weighted by atomic mass is 35.5. The smallest absolute Gasteiger partial charge is 0.0854 e. The van der Waals surface area contributed by atoms with Crippen LogP contribution in [0.4, 0.5) is 0 Å². The van der Waals surface area contributed by atoms with E-state index >= 15 is 0 Å². The van der Waals surface area contributed by atoms with E-state index in [0.29, 0.717) is 0 Å². The van der Waals surface area contributed by atoms with Gasteiger partial charge in [0.2, 0.25) is 0 Å². The molecule has 2 unspecified atom stereocenters. The van der Waals surface area contributed by atoms with E-state index in [0.717, 1.165) is 25.0 Å². The molecule has 2 N–H and O–H groups in total. The standard InChI is InChI=1S/C10H14N2O.2ClH/c11-9-3-5-13-10(6-9)8-2-1-4-12-7-8;;/h1-2,4,7,9-10H,3,5-6,11H2;2*1H. The highest BCUT2D eigenvalue weighted by molar-refractivity contribution is 5.85. The molecule has 1 aromatic heterocycles. The van der Waals surface area contributed by atoms with Gasteiger partial charge < -0.3 is 10.5 Å². The average molecular weight is 251 g/mol. The van der Waals surface area contributed by atoms with E-state index in [9.17, 15) is 0 Å². The molecule has 2 heterocycles. The fourth-order valence-electron chi connectivity index (χ4n) is 1.62. The summed E-state index contributed by atoms with van der Waals surface area (Å²) in [6.07, 6.45) is 5.65. The zero-order valence-corrected chi connectivity index (χ0v) is 9.97. The molecule has 15 heavy (non-hydrogen) atoms. The van der Waals surface area contributed by atoms with Crippen molar-refractivity contribution >= 4 is 24.8 Å². The number of aromatic nitrogens is 1. The third-order valence-electron chi connectivity index (χ3n) is 2.38. The van der Waals surface area contributed by atoms with Gasteiger partial charge in [-0.3, -0.25) is 4.98 Å². The van der Waals surface area contributed by atoms with Crippen molar-refractivity contribution in [1.29, 1.82) is 0 Å². The van der Waals surface area contributed by atoms with Crippen LogP contribution in [0.3, 0.4) is 0 Å². The second kappa shape index (κ2) is 7.01. The summed E-state index contributed by atoms with van der Waals surface area (Å²) < 4.78 is 5.61. The molecule has 0 spiro atoms. The van der Waals surface area contributed by atoms with Crippen LogP contribution in [0.15, 0.2) is 24.5 Å². The Balaban J connectivity index is 0.000000980. The van der Waals surface area contributed by atoms with Gasteiger partial charge in [-0.1, -0.05) is 6.07 Å². The molecule has 86 valence electrons. The highest BCUT2D eigenvalue weighted by Gasteiger charge is 2.20. The Labute approximate surface area is 102 Å². The molecule has 2 atom stereocenters. The van der Waals surface area contributed by atoms with Crippen molar-refractivity contribution in [3.63, 3.8) is 0 Å². The molecular weight excluding hydrogens is 235 g/mol. The van der Waals surface area contributed by atoms with Gasteiger partial charge in [0.25, 0.3) is 0 Å². The normalized spacial score (nSPS) is 24.9. The summed E-state index contributed by atoms with van der Waals surface area (Å²) in [6, 6.07) is 4.24. The minimum atomic E-state index is 0. The Hall–Kier alpha value is -0.350. The molecule has 1 aliphatic rings. The maximum absolute atomic E-state index is 5.86. The summed E-state index contributed by atoms with van der Waals surface area (Å²) >= 11 is 0. The van der Waals surface area contributed by atoms with Crippen LogP contribution in [0.5, 0.6) is 0 Å². The number of pyridine rings is 1. The lowest BCUT2D eigenvalue weighted by Gasteiger charge is -2.27. The molecule has 0 saturated carbocycles. The monoisotopic (exact) mass is 250 g/mol.